The molecule has 1 N–H and O–H groups in total. The maximum atomic E-state index is 4.67. The topological polar surface area (TPSA) is 55.6 Å². The molecule has 4 rings (SSSR count). The van der Waals surface area contributed by atoms with Gasteiger partial charge in [0.05, 0.1) is 12.2 Å². The van der Waals surface area contributed by atoms with Crippen molar-refractivity contribution >= 4 is 33.9 Å². The van der Waals surface area contributed by atoms with Crippen LogP contribution < -0.4 is 5.32 Å². The normalized spacial score (nSPS) is 10.9. The minimum Gasteiger partial charge on any atom is -0.332 e. The molecule has 0 atom stereocenters. The van der Waals surface area contributed by atoms with Crippen molar-refractivity contribution in [2.24, 2.45) is 0 Å². The van der Waals surface area contributed by atoms with E-state index in [1.54, 1.807) is 23.1 Å². The highest BCUT2D eigenvalue weighted by molar-refractivity contribution is 7.98. The summed E-state index contributed by atoms with van der Waals surface area (Å²) in [5.41, 5.74) is 3.32. The van der Waals surface area contributed by atoms with E-state index in [4.69, 9.17) is 0 Å². The van der Waals surface area contributed by atoms with Crippen LogP contribution in [-0.4, -0.2) is 19.7 Å². The Bertz CT molecular complexity index is 996. The van der Waals surface area contributed by atoms with Crippen molar-refractivity contribution in [1.82, 2.24) is 19.7 Å². The number of nitrogens with zero attached hydrogens (tertiary/aromatic N) is 4. The number of anilines is 2. The molecule has 5 nitrogen and oxygen atoms in total. The van der Waals surface area contributed by atoms with Crippen molar-refractivity contribution in [1.29, 1.82) is 0 Å². The van der Waals surface area contributed by atoms with Crippen LogP contribution in [0.5, 0.6) is 0 Å². The van der Waals surface area contributed by atoms with Gasteiger partial charge in [-0.2, -0.15) is 0 Å². The molecular formula is C20H19N5S2. The SMILES string of the molecule is Cc1nnc(SCc2csc(Nc3ccccc3)n2)n1Cc1ccccc1. The van der Waals surface area contributed by atoms with Crippen LogP contribution in [0.3, 0.4) is 0 Å². The average molecular weight is 394 g/mol. The fraction of sp³-hybridized carbons (Fsp3) is 0.150. The molecule has 4 aromatic rings. The van der Waals surface area contributed by atoms with Gasteiger partial charge in [-0.25, -0.2) is 4.98 Å². The van der Waals surface area contributed by atoms with E-state index >= 15 is 0 Å². The second kappa shape index (κ2) is 8.37. The summed E-state index contributed by atoms with van der Waals surface area (Å²) in [6.07, 6.45) is 0. The van der Waals surface area contributed by atoms with Crippen LogP contribution in [0.25, 0.3) is 0 Å². The Hall–Kier alpha value is -2.64. The Morgan fingerprint density at radius 3 is 2.52 bits per heavy atom. The van der Waals surface area contributed by atoms with Crippen LogP contribution in [0.1, 0.15) is 17.1 Å². The van der Waals surface area contributed by atoms with E-state index in [1.807, 2.05) is 43.3 Å². The second-order valence-electron chi connectivity index (χ2n) is 6.03. The zero-order valence-electron chi connectivity index (χ0n) is 14.9. The molecule has 0 saturated carbocycles. The van der Waals surface area contributed by atoms with Gasteiger partial charge in [0.25, 0.3) is 0 Å². The van der Waals surface area contributed by atoms with Gasteiger partial charge in [0.15, 0.2) is 10.3 Å². The fourth-order valence-corrected chi connectivity index (χ4v) is 4.34. The van der Waals surface area contributed by atoms with E-state index in [-0.39, 0.29) is 0 Å². The van der Waals surface area contributed by atoms with Crippen LogP contribution in [0.2, 0.25) is 0 Å². The number of aryl methyl sites for hydroxylation is 1. The quantitative estimate of drug-likeness (QED) is 0.441. The standard InChI is InChI=1S/C20H19N5S2/c1-15-23-24-20(25(15)12-16-8-4-2-5-9-16)27-14-18-13-26-19(22-18)21-17-10-6-3-7-11-17/h2-11,13H,12,14H2,1H3,(H,21,22). The molecule has 136 valence electrons. The first-order valence-corrected chi connectivity index (χ1v) is 10.5. The zero-order chi connectivity index (χ0) is 18.5. The number of thiazole rings is 1. The molecule has 7 heteroatoms. The molecule has 2 aromatic heterocycles. The van der Waals surface area contributed by atoms with Crippen molar-refractivity contribution in [3.8, 4) is 0 Å². The van der Waals surface area contributed by atoms with Gasteiger partial charge in [-0.1, -0.05) is 60.3 Å². The van der Waals surface area contributed by atoms with Crippen molar-refractivity contribution in [3.63, 3.8) is 0 Å². The molecule has 0 aliphatic heterocycles. The number of benzene rings is 2. The Balaban J connectivity index is 1.41. The first-order valence-electron chi connectivity index (χ1n) is 8.61. The number of aromatic nitrogens is 4. The molecule has 0 aliphatic rings. The Labute approximate surface area is 166 Å². The van der Waals surface area contributed by atoms with Gasteiger partial charge in [0.1, 0.15) is 5.82 Å². The molecule has 0 saturated heterocycles. The van der Waals surface area contributed by atoms with E-state index in [0.717, 1.165) is 39.8 Å². The molecular weight excluding hydrogens is 374 g/mol. The lowest BCUT2D eigenvalue weighted by molar-refractivity contribution is 0.688. The summed E-state index contributed by atoms with van der Waals surface area (Å²) in [6, 6.07) is 20.5. The number of rotatable bonds is 7. The van der Waals surface area contributed by atoms with Gasteiger partial charge in [-0.05, 0) is 24.6 Å². The Morgan fingerprint density at radius 1 is 1.00 bits per heavy atom. The average Bonchev–Trinajstić information content (AvgIpc) is 3.29. The Morgan fingerprint density at radius 2 is 1.74 bits per heavy atom. The third-order valence-corrected chi connectivity index (χ3v) is 5.82. The largest absolute Gasteiger partial charge is 0.332 e. The van der Waals surface area contributed by atoms with Gasteiger partial charge in [-0.3, -0.25) is 0 Å². The monoisotopic (exact) mass is 393 g/mol. The smallest absolute Gasteiger partial charge is 0.191 e. The highest BCUT2D eigenvalue weighted by Gasteiger charge is 2.11. The Kier molecular flexibility index (Phi) is 5.50. The predicted molar refractivity (Wildman–Crippen MR) is 112 cm³/mol. The van der Waals surface area contributed by atoms with Crippen LogP contribution >= 0.6 is 23.1 Å². The lowest BCUT2D eigenvalue weighted by atomic mass is 10.2. The van der Waals surface area contributed by atoms with Crippen LogP contribution in [0.4, 0.5) is 10.8 Å². The molecule has 0 fully saturated rings. The van der Waals surface area contributed by atoms with E-state index in [9.17, 15) is 0 Å². The van der Waals surface area contributed by atoms with Crippen LogP contribution in [0, 0.1) is 6.92 Å². The number of nitrogens with one attached hydrogen (secondary N) is 1. The third kappa shape index (κ3) is 4.56. The van der Waals surface area contributed by atoms with Gasteiger partial charge in [-0.15, -0.1) is 21.5 Å². The van der Waals surface area contributed by atoms with E-state index in [0.29, 0.717) is 0 Å². The van der Waals surface area contributed by atoms with Crippen LogP contribution in [-0.2, 0) is 12.3 Å². The van der Waals surface area contributed by atoms with E-state index in [2.05, 4.69) is 54.7 Å². The number of hydrogen-bond acceptors (Lipinski definition) is 6. The third-order valence-electron chi connectivity index (χ3n) is 4.01. The summed E-state index contributed by atoms with van der Waals surface area (Å²) in [4.78, 5) is 4.67. The molecule has 2 heterocycles. The van der Waals surface area contributed by atoms with E-state index in [1.165, 1.54) is 5.56 Å². The van der Waals surface area contributed by atoms with Gasteiger partial charge in [0, 0.05) is 16.8 Å². The molecule has 0 aliphatic carbocycles. The van der Waals surface area contributed by atoms with Crippen molar-refractivity contribution < 1.29 is 0 Å². The molecule has 0 radical (unpaired) electrons. The first-order chi connectivity index (χ1) is 13.3. The summed E-state index contributed by atoms with van der Waals surface area (Å²) < 4.78 is 2.15. The van der Waals surface area contributed by atoms with Crippen LogP contribution in [0.15, 0.2) is 71.2 Å². The van der Waals surface area contributed by atoms with Crippen molar-refractivity contribution in [2.75, 3.05) is 5.32 Å². The number of hydrogen-bond donors (Lipinski definition) is 1. The summed E-state index contributed by atoms with van der Waals surface area (Å²) in [5, 5.41) is 15.8. The molecule has 0 bridgehead atoms. The molecule has 0 spiro atoms. The van der Waals surface area contributed by atoms with Gasteiger partial charge < -0.3 is 9.88 Å². The lowest BCUT2D eigenvalue weighted by Crippen LogP contribution is -2.03. The first kappa shape index (κ1) is 17.8. The summed E-state index contributed by atoms with van der Waals surface area (Å²) in [7, 11) is 0. The minimum absolute atomic E-state index is 0.764. The number of para-hydroxylation sites is 1. The van der Waals surface area contributed by atoms with Gasteiger partial charge in [0.2, 0.25) is 0 Å². The zero-order valence-corrected chi connectivity index (χ0v) is 16.5. The van der Waals surface area contributed by atoms with Crippen molar-refractivity contribution in [3.05, 3.63) is 83.1 Å². The maximum Gasteiger partial charge on any atom is 0.191 e. The predicted octanol–water partition coefficient (Wildman–Crippen LogP) is 5.13. The molecule has 0 amide bonds. The lowest BCUT2D eigenvalue weighted by Gasteiger charge is -2.08. The highest BCUT2D eigenvalue weighted by Crippen LogP contribution is 2.26. The second-order valence-corrected chi connectivity index (χ2v) is 7.83. The summed E-state index contributed by atoms with van der Waals surface area (Å²) >= 11 is 3.28. The molecule has 0 unspecified atom stereocenters. The fourth-order valence-electron chi connectivity index (χ4n) is 2.63. The van der Waals surface area contributed by atoms with E-state index < -0.39 is 0 Å². The minimum atomic E-state index is 0.764. The highest BCUT2D eigenvalue weighted by atomic mass is 32.2. The summed E-state index contributed by atoms with van der Waals surface area (Å²) in [6.45, 7) is 2.77. The maximum absolute atomic E-state index is 4.67. The number of thioether (sulfide) groups is 1. The summed E-state index contributed by atoms with van der Waals surface area (Å²) in [5.74, 6) is 1.69. The molecule has 2 aromatic carbocycles. The van der Waals surface area contributed by atoms with Crippen molar-refractivity contribution in [2.45, 2.75) is 24.4 Å². The van der Waals surface area contributed by atoms with Gasteiger partial charge >= 0.3 is 0 Å². The molecule has 27 heavy (non-hydrogen) atoms.